The minimum absolute atomic E-state index is 0.000724. The summed E-state index contributed by atoms with van der Waals surface area (Å²) in [5, 5.41) is 0.673. The van der Waals surface area contributed by atoms with Crippen LogP contribution in [0.15, 0.2) is 59.1 Å². The van der Waals surface area contributed by atoms with E-state index in [2.05, 4.69) is 9.97 Å². The topological polar surface area (TPSA) is 62.1 Å². The lowest BCUT2D eigenvalue weighted by atomic mass is 9.97. The predicted octanol–water partition coefficient (Wildman–Crippen LogP) is 5.04. The number of benzene rings is 2. The normalized spacial score (nSPS) is 16.7. The van der Waals surface area contributed by atoms with Gasteiger partial charge in [-0.2, -0.15) is 0 Å². The molecule has 5 nitrogen and oxygen atoms in total. The summed E-state index contributed by atoms with van der Waals surface area (Å²) < 4.78 is 32.8. The van der Waals surface area contributed by atoms with Crippen LogP contribution in [0.2, 0.25) is 0 Å². The van der Waals surface area contributed by atoms with Crippen molar-refractivity contribution in [2.75, 3.05) is 13.1 Å². The maximum atomic E-state index is 13.5. The van der Waals surface area contributed by atoms with Crippen molar-refractivity contribution in [1.29, 1.82) is 0 Å². The fourth-order valence-corrected chi connectivity index (χ4v) is 4.19. The van der Waals surface area contributed by atoms with Crippen molar-refractivity contribution in [2.24, 2.45) is 0 Å². The smallest absolute Gasteiger partial charge is 0.270 e. The Hall–Kier alpha value is -3.48. The molecular weight excluding hydrogens is 400 g/mol. The van der Waals surface area contributed by atoms with E-state index in [0.717, 1.165) is 23.9 Å². The number of nitrogens with zero attached hydrogens (tertiary/aromatic N) is 2. The molecule has 158 valence electrons. The van der Waals surface area contributed by atoms with Crippen molar-refractivity contribution >= 4 is 16.8 Å². The van der Waals surface area contributed by atoms with Crippen molar-refractivity contribution in [3.63, 3.8) is 0 Å². The van der Waals surface area contributed by atoms with E-state index in [4.69, 9.17) is 4.42 Å². The molecule has 1 N–H and O–H groups in total. The van der Waals surface area contributed by atoms with Crippen molar-refractivity contribution in [2.45, 2.75) is 25.2 Å². The maximum Gasteiger partial charge on any atom is 0.270 e. The summed E-state index contributed by atoms with van der Waals surface area (Å²) >= 11 is 0. The van der Waals surface area contributed by atoms with E-state index in [1.807, 2.05) is 6.07 Å². The van der Waals surface area contributed by atoms with Gasteiger partial charge in [-0.15, -0.1) is 0 Å². The van der Waals surface area contributed by atoms with Gasteiger partial charge in [-0.3, -0.25) is 4.79 Å². The molecule has 0 bridgehead atoms. The number of hydrogen-bond acceptors (Lipinski definition) is 3. The SMILES string of the molecule is O=C(c1cc2cc(F)ccc2[nH]1)N1CCCC(c2ncc(Cc3cccc(F)c3)o2)C1. The first kappa shape index (κ1) is 19.5. The molecule has 1 amide bonds. The van der Waals surface area contributed by atoms with Gasteiger partial charge in [0.1, 0.15) is 23.1 Å². The highest BCUT2D eigenvalue weighted by atomic mass is 19.1. The van der Waals surface area contributed by atoms with Crippen LogP contribution >= 0.6 is 0 Å². The summed E-state index contributed by atoms with van der Waals surface area (Å²) in [5.41, 5.74) is 1.99. The fraction of sp³-hybridized carbons (Fsp3) is 0.250. The molecular formula is C24H21F2N3O2. The Morgan fingerprint density at radius 3 is 2.90 bits per heavy atom. The first-order chi connectivity index (χ1) is 15.0. The number of aromatic amines is 1. The van der Waals surface area contributed by atoms with Crippen LogP contribution in [-0.4, -0.2) is 33.9 Å². The van der Waals surface area contributed by atoms with Crippen LogP contribution in [-0.2, 0) is 6.42 Å². The van der Waals surface area contributed by atoms with Crippen LogP contribution in [0.4, 0.5) is 8.78 Å². The molecule has 7 heteroatoms. The van der Waals surface area contributed by atoms with Gasteiger partial charge >= 0.3 is 0 Å². The van der Waals surface area contributed by atoms with E-state index in [-0.39, 0.29) is 23.5 Å². The van der Waals surface area contributed by atoms with Gasteiger partial charge in [0.2, 0.25) is 0 Å². The second kappa shape index (κ2) is 7.98. The van der Waals surface area contributed by atoms with Gasteiger partial charge in [0.15, 0.2) is 5.89 Å². The van der Waals surface area contributed by atoms with Gasteiger partial charge in [-0.05, 0) is 54.8 Å². The number of piperidine rings is 1. The predicted molar refractivity (Wildman–Crippen MR) is 112 cm³/mol. The molecule has 4 aromatic rings. The zero-order valence-electron chi connectivity index (χ0n) is 16.8. The van der Waals surface area contributed by atoms with Crippen LogP contribution in [0.25, 0.3) is 10.9 Å². The number of amides is 1. The standard InChI is InChI=1S/C24H21F2N3O2/c25-18-5-1-3-15(9-18)10-20-13-27-23(31-20)16-4-2-8-29(14-16)24(30)22-12-17-11-19(26)6-7-21(17)28-22/h1,3,5-7,9,11-13,16,28H,2,4,8,10,14H2. The van der Waals surface area contributed by atoms with Crippen LogP contribution in [0, 0.1) is 11.6 Å². The molecule has 0 aliphatic carbocycles. The zero-order valence-corrected chi connectivity index (χ0v) is 16.8. The molecule has 1 aliphatic rings. The van der Waals surface area contributed by atoms with Gasteiger partial charge in [-0.25, -0.2) is 13.8 Å². The fourth-order valence-electron chi connectivity index (χ4n) is 4.19. The van der Waals surface area contributed by atoms with E-state index < -0.39 is 0 Å². The van der Waals surface area contributed by atoms with Crippen LogP contribution in [0.3, 0.4) is 0 Å². The average molecular weight is 421 g/mol. The van der Waals surface area contributed by atoms with E-state index in [9.17, 15) is 13.6 Å². The molecule has 1 unspecified atom stereocenters. The number of rotatable bonds is 4. The Bertz CT molecular complexity index is 1250. The Morgan fingerprint density at radius 1 is 1.16 bits per heavy atom. The Morgan fingerprint density at radius 2 is 2.03 bits per heavy atom. The largest absolute Gasteiger partial charge is 0.445 e. The Labute approximate surface area is 177 Å². The number of aromatic nitrogens is 2. The van der Waals surface area contributed by atoms with Gasteiger partial charge in [0.05, 0.1) is 12.1 Å². The molecule has 31 heavy (non-hydrogen) atoms. The highest BCUT2D eigenvalue weighted by Gasteiger charge is 2.29. The third-order valence-electron chi connectivity index (χ3n) is 5.71. The van der Waals surface area contributed by atoms with Gasteiger partial charge in [0.25, 0.3) is 5.91 Å². The molecule has 0 saturated carbocycles. The van der Waals surface area contributed by atoms with Crippen molar-refractivity contribution in [3.8, 4) is 0 Å². The summed E-state index contributed by atoms with van der Waals surface area (Å²) in [4.78, 5) is 22.3. The first-order valence-electron chi connectivity index (χ1n) is 10.3. The van der Waals surface area contributed by atoms with Crippen LogP contribution in [0.5, 0.6) is 0 Å². The van der Waals surface area contributed by atoms with Gasteiger partial charge in [0, 0.05) is 30.4 Å². The second-order valence-corrected chi connectivity index (χ2v) is 7.98. The number of carbonyl (C=O) groups is 1. The lowest BCUT2D eigenvalue weighted by Crippen LogP contribution is -2.39. The molecule has 1 atom stereocenters. The summed E-state index contributed by atoms with van der Waals surface area (Å²) in [5.74, 6) is 0.540. The lowest BCUT2D eigenvalue weighted by Gasteiger charge is -2.31. The molecule has 1 saturated heterocycles. The highest BCUT2D eigenvalue weighted by Crippen LogP contribution is 2.28. The molecule has 0 spiro atoms. The molecule has 0 radical (unpaired) electrons. The van der Waals surface area contributed by atoms with Gasteiger partial charge < -0.3 is 14.3 Å². The Balaban J connectivity index is 1.29. The molecule has 3 heterocycles. The second-order valence-electron chi connectivity index (χ2n) is 7.98. The third kappa shape index (κ3) is 4.08. The van der Waals surface area contributed by atoms with E-state index in [1.54, 1.807) is 29.3 Å². The van der Waals surface area contributed by atoms with Crippen molar-refractivity contribution in [1.82, 2.24) is 14.9 Å². The number of H-pyrrole nitrogens is 1. The summed E-state index contributed by atoms with van der Waals surface area (Å²) in [7, 11) is 0. The van der Waals surface area contributed by atoms with Gasteiger partial charge in [-0.1, -0.05) is 12.1 Å². The van der Waals surface area contributed by atoms with E-state index in [1.165, 1.54) is 24.3 Å². The highest BCUT2D eigenvalue weighted by molar-refractivity contribution is 5.98. The average Bonchev–Trinajstić information content (AvgIpc) is 3.40. The molecule has 2 aromatic carbocycles. The van der Waals surface area contributed by atoms with Crippen LogP contribution < -0.4 is 0 Å². The van der Waals surface area contributed by atoms with E-state index >= 15 is 0 Å². The molecule has 2 aromatic heterocycles. The number of carbonyl (C=O) groups excluding carboxylic acids is 1. The van der Waals surface area contributed by atoms with Crippen LogP contribution in [0.1, 0.15) is 46.5 Å². The molecule has 1 aliphatic heterocycles. The third-order valence-corrected chi connectivity index (χ3v) is 5.71. The summed E-state index contributed by atoms with van der Waals surface area (Å²) in [6.45, 7) is 1.15. The van der Waals surface area contributed by atoms with E-state index in [0.29, 0.717) is 42.2 Å². The van der Waals surface area contributed by atoms with Crippen molar-refractivity contribution in [3.05, 3.63) is 89.3 Å². The monoisotopic (exact) mass is 421 g/mol. The lowest BCUT2D eigenvalue weighted by molar-refractivity contribution is 0.0693. The number of likely N-dealkylation sites (tertiary alicyclic amines) is 1. The number of nitrogens with one attached hydrogen (secondary N) is 1. The summed E-state index contributed by atoms with van der Waals surface area (Å²) in [6.07, 6.45) is 3.85. The minimum Gasteiger partial charge on any atom is -0.445 e. The van der Waals surface area contributed by atoms with Crippen molar-refractivity contribution < 1.29 is 18.0 Å². The molecule has 5 rings (SSSR count). The maximum absolute atomic E-state index is 13.5. The zero-order chi connectivity index (χ0) is 21.4. The minimum atomic E-state index is -0.332. The summed E-state index contributed by atoms with van der Waals surface area (Å²) in [6, 6.07) is 12.5. The number of oxazole rings is 1. The number of fused-ring (bicyclic) bond motifs is 1. The number of hydrogen-bond donors (Lipinski definition) is 1. The molecule has 1 fully saturated rings. The number of halogens is 2. The Kier molecular flexibility index (Phi) is 5.02. The quantitative estimate of drug-likeness (QED) is 0.502. The first-order valence-corrected chi connectivity index (χ1v) is 10.3.